The number of aromatic nitrogens is 2. The van der Waals surface area contributed by atoms with Crippen LogP contribution in [0.4, 0.5) is 0 Å². The maximum atomic E-state index is 12.3. The van der Waals surface area contributed by atoms with Crippen molar-refractivity contribution >= 4 is 35.8 Å². The molecule has 1 aromatic carbocycles. The number of hydrogen-bond acceptors (Lipinski definition) is 3. The predicted octanol–water partition coefficient (Wildman–Crippen LogP) is 2.15. The third-order valence-electron chi connectivity index (χ3n) is 5.01. The van der Waals surface area contributed by atoms with Gasteiger partial charge in [0.05, 0.1) is 0 Å². The molecular formula is C21H31IN6O. The first-order valence-corrected chi connectivity index (χ1v) is 9.98. The number of likely N-dealkylation sites (tertiary alicyclic amines) is 1. The number of nitrogens with one attached hydrogen (secondary N) is 2. The molecule has 1 aromatic heterocycles. The highest BCUT2D eigenvalue weighted by Gasteiger charge is 2.29. The topological polar surface area (TPSA) is 74.5 Å². The minimum absolute atomic E-state index is 0. The van der Waals surface area contributed by atoms with Crippen LogP contribution in [0, 0.1) is 5.92 Å². The van der Waals surface area contributed by atoms with Crippen LogP contribution < -0.4 is 10.6 Å². The lowest BCUT2D eigenvalue weighted by Crippen LogP contribution is -2.40. The second-order valence-corrected chi connectivity index (χ2v) is 7.15. The molecule has 158 valence electrons. The van der Waals surface area contributed by atoms with E-state index < -0.39 is 0 Å². The number of benzene rings is 1. The van der Waals surface area contributed by atoms with E-state index in [-0.39, 0.29) is 29.9 Å². The number of carbonyl (C=O) groups is 1. The van der Waals surface area contributed by atoms with Crippen molar-refractivity contribution in [1.82, 2.24) is 25.3 Å². The third kappa shape index (κ3) is 7.68. The van der Waals surface area contributed by atoms with Gasteiger partial charge in [-0.1, -0.05) is 30.3 Å². The molecule has 0 radical (unpaired) electrons. The number of halogens is 1. The number of carbonyl (C=O) groups excluding carboxylic acids is 1. The van der Waals surface area contributed by atoms with E-state index in [0.717, 1.165) is 51.5 Å². The average molecular weight is 510 g/mol. The molecule has 0 spiro atoms. The van der Waals surface area contributed by atoms with E-state index in [0.29, 0.717) is 12.3 Å². The Bertz CT molecular complexity index is 750. The standard InChI is InChI=1S/C21H30N6O.HI/c1-22-21(23-10-5-12-27-13-6-11-25-27)24-16-19-15-20(28)26(17-19)14-9-18-7-3-2-4-8-18;/h2-4,6-8,11,13,19H,5,9-10,12,14-17H2,1H3,(H2,22,23,24);1H. The lowest BCUT2D eigenvalue weighted by Gasteiger charge is -2.18. The Morgan fingerprint density at radius 1 is 1.21 bits per heavy atom. The molecule has 2 heterocycles. The van der Waals surface area contributed by atoms with Gasteiger partial charge in [0, 0.05) is 64.5 Å². The number of nitrogens with zero attached hydrogens (tertiary/aromatic N) is 4. The van der Waals surface area contributed by atoms with Crippen molar-refractivity contribution in [3.05, 3.63) is 54.4 Å². The highest BCUT2D eigenvalue weighted by atomic mass is 127. The summed E-state index contributed by atoms with van der Waals surface area (Å²) in [6, 6.07) is 12.3. The number of guanidine groups is 1. The quantitative estimate of drug-likeness (QED) is 0.235. The fraction of sp³-hybridized carbons (Fsp3) is 0.476. The van der Waals surface area contributed by atoms with Crippen molar-refractivity contribution in [1.29, 1.82) is 0 Å². The van der Waals surface area contributed by atoms with Crippen molar-refractivity contribution in [2.45, 2.75) is 25.8 Å². The van der Waals surface area contributed by atoms with Crippen molar-refractivity contribution < 1.29 is 4.79 Å². The first kappa shape index (κ1) is 23.2. The molecule has 1 fully saturated rings. The highest BCUT2D eigenvalue weighted by Crippen LogP contribution is 2.17. The minimum Gasteiger partial charge on any atom is -0.356 e. The van der Waals surface area contributed by atoms with Gasteiger partial charge in [-0.05, 0) is 24.5 Å². The van der Waals surface area contributed by atoms with Gasteiger partial charge < -0.3 is 15.5 Å². The Kier molecular flexibility index (Phi) is 9.96. The molecule has 7 nitrogen and oxygen atoms in total. The first-order chi connectivity index (χ1) is 13.7. The summed E-state index contributed by atoms with van der Waals surface area (Å²) in [6.45, 7) is 4.07. The third-order valence-corrected chi connectivity index (χ3v) is 5.01. The van der Waals surface area contributed by atoms with E-state index in [1.807, 2.05) is 40.0 Å². The molecule has 8 heteroatoms. The van der Waals surface area contributed by atoms with Gasteiger partial charge in [0.1, 0.15) is 0 Å². The predicted molar refractivity (Wildman–Crippen MR) is 126 cm³/mol. The van der Waals surface area contributed by atoms with E-state index in [1.54, 1.807) is 13.2 Å². The van der Waals surface area contributed by atoms with Crippen LogP contribution in [0.1, 0.15) is 18.4 Å². The van der Waals surface area contributed by atoms with Gasteiger partial charge in [0.2, 0.25) is 5.91 Å². The van der Waals surface area contributed by atoms with Crippen LogP contribution in [0.25, 0.3) is 0 Å². The molecule has 1 amide bonds. The highest BCUT2D eigenvalue weighted by molar-refractivity contribution is 14.0. The van der Waals surface area contributed by atoms with Crippen LogP contribution in [0.15, 0.2) is 53.8 Å². The molecule has 3 rings (SSSR count). The monoisotopic (exact) mass is 510 g/mol. The Morgan fingerprint density at radius 3 is 2.76 bits per heavy atom. The summed E-state index contributed by atoms with van der Waals surface area (Å²) in [5.74, 6) is 1.37. The van der Waals surface area contributed by atoms with Crippen LogP contribution in [-0.2, 0) is 17.8 Å². The molecule has 1 saturated heterocycles. The van der Waals surface area contributed by atoms with Crippen molar-refractivity contribution in [3.8, 4) is 0 Å². The lowest BCUT2D eigenvalue weighted by atomic mass is 10.1. The van der Waals surface area contributed by atoms with E-state index in [1.165, 1.54) is 5.56 Å². The summed E-state index contributed by atoms with van der Waals surface area (Å²) in [7, 11) is 1.77. The molecule has 29 heavy (non-hydrogen) atoms. The van der Waals surface area contributed by atoms with E-state index in [9.17, 15) is 4.79 Å². The summed E-state index contributed by atoms with van der Waals surface area (Å²) < 4.78 is 1.92. The van der Waals surface area contributed by atoms with E-state index in [4.69, 9.17) is 0 Å². The Labute approximate surface area is 190 Å². The SMILES string of the molecule is CN=C(NCCCn1cccn1)NCC1CC(=O)N(CCc2ccccc2)C1.I. The molecular weight excluding hydrogens is 479 g/mol. The van der Waals surface area contributed by atoms with Gasteiger partial charge in [-0.3, -0.25) is 14.5 Å². The smallest absolute Gasteiger partial charge is 0.223 e. The molecule has 2 N–H and O–H groups in total. The van der Waals surface area contributed by atoms with Crippen LogP contribution in [0.2, 0.25) is 0 Å². The Balaban J connectivity index is 0.00000300. The van der Waals surface area contributed by atoms with Gasteiger partial charge >= 0.3 is 0 Å². The van der Waals surface area contributed by atoms with Gasteiger partial charge in [-0.2, -0.15) is 5.10 Å². The average Bonchev–Trinajstić information content (AvgIpc) is 3.36. The van der Waals surface area contributed by atoms with Gasteiger partial charge in [0.25, 0.3) is 0 Å². The molecule has 1 atom stereocenters. The number of amides is 1. The van der Waals surface area contributed by atoms with E-state index in [2.05, 4.69) is 32.9 Å². The van der Waals surface area contributed by atoms with Gasteiger partial charge in [-0.15, -0.1) is 24.0 Å². The molecule has 1 aliphatic rings. The van der Waals surface area contributed by atoms with Crippen LogP contribution in [-0.4, -0.2) is 59.8 Å². The second-order valence-electron chi connectivity index (χ2n) is 7.15. The van der Waals surface area contributed by atoms with Crippen molar-refractivity contribution in [2.75, 3.05) is 33.2 Å². The number of hydrogen-bond donors (Lipinski definition) is 2. The number of aryl methyl sites for hydroxylation is 1. The zero-order valence-corrected chi connectivity index (χ0v) is 19.3. The van der Waals surface area contributed by atoms with Crippen LogP contribution in [0.5, 0.6) is 0 Å². The summed E-state index contributed by atoms with van der Waals surface area (Å²) in [4.78, 5) is 18.5. The summed E-state index contributed by atoms with van der Waals surface area (Å²) in [6.07, 6.45) is 6.25. The summed E-state index contributed by atoms with van der Waals surface area (Å²) in [5, 5.41) is 10.9. The first-order valence-electron chi connectivity index (χ1n) is 9.98. The maximum Gasteiger partial charge on any atom is 0.223 e. The molecule has 1 unspecified atom stereocenters. The molecule has 1 aliphatic heterocycles. The number of rotatable bonds is 9. The largest absolute Gasteiger partial charge is 0.356 e. The summed E-state index contributed by atoms with van der Waals surface area (Å²) in [5.41, 5.74) is 1.27. The van der Waals surface area contributed by atoms with Gasteiger partial charge in [0.15, 0.2) is 5.96 Å². The molecule has 0 saturated carbocycles. The Hall–Kier alpha value is -2.10. The molecule has 2 aromatic rings. The fourth-order valence-electron chi connectivity index (χ4n) is 3.46. The Morgan fingerprint density at radius 2 is 2.03 bits per heavy atom. The summed E-state index contributed by atoms with van der Waals surface area (Å²) >= 11 is 0. The zero-order valence-electron chi connectivity index (χ0n) is 17.0. The van der Waals surface area contributed by atoms with Crippen molar-refractivity contribution in [3.63, 3.8) is 0 Å². The molecule has 0 aliphatic carbocycles. The van der Waals surface area contributed by atoms with Crippen LogP contribution in [0.3, 0.4) is 0 Å². The van der Waals surface area contributed by atoms with E-state index >= 15 is 0 Å². The fourth-order valence-corrected chi connectivity index (χ4v) is 3.46. The molecule has 0 bridgehead atoms. The van der Waals surface area contributed by atoms with Crippen LogP contribution >= 0.6 is 24.0 Å². The zero-order chi connectivity index (χ0) is 19.6. The maximum absolute atomic E-state index is 12.3. The number of aliphatic imine (C=N–C) groups is 1. The normalized spacial score (nSPS) is 16.6. The second kappa shape index (κ2) is 12.5. The lowest BCUT2D eigenvalue weighted by molar-refractivity contribution is -0.127. The van der Waals surface area contributed by atoms with Crippen molar-refractivity contribution in [2.24, 2.45) is 10.9 Å². The van der Waals surface area contributed by atoms with Gasteiger partial charge in [-0.25, -0.2) is 0 Å². The minimum atomic E-state index is 0.